The lowest BCUT2D eigenvalue weighted by Gasteiger charge is -2.51. The Hall–Kier alpha value is -2.29. The zero-order chi connectivity index (χ0) is 22.1. The molecule has 1 unspecified atom stereocenters. The monoisotopic (exact) mass is 440 g/mol. The Labute approximate surface area is 179 Å². The molecule has 3 aliphatic heterocycles. The number of halogens is 3. The lowest BCUT2D eigenvalue weighted by atomic mass is 9.67. The van der Waals surface area contributed by atoms with Crippen LogP contribution in [0.3, 0.4) is 0 Å². The van der Waals surface area contributed by atoms with E-state index >= 15 is 0 Å². The van der Waals surface area contributed by atoms with Crippen molar-refractivity contribution >= 4 is 11.8 Å². The van der Waals surface area contributed by atoms with Crippen LogP contribution in [0.2, 0.25) is 0 Å². The zero-order valence-electron chi connectivity index (χ0n) is 17.3. The third-order valence-electron chi connectivity index (χ3n) is 6.70. The molecule has 4 rings (SSSR count). The molecule has 170 valence electrons. The summed E-state index contributed by atoms with van der Waals surface area (Å²) in [5.74, 6) is -0.723. The quantitative estimate of drug-likeness (QED) is 0.721. The number of carbonyl (C=O) groups is 2. The van der Waals surface area contributed by atoms with Gasteiger partial charge in [-0.3, -0.25) is 9.59 Å². The van der Waals surface area contributed by atoms with Gasteiger partial charge in [-0.15, -0.1) is 13.2 Å². The number of amides is 2. The van der Waals surface area contributed by atoms with Crippen LogP contribution in [0.1, 0.15) is 48.9 Å². The fourth-order valence-corrected chi connectivity index (χ4v) is 5.19. The highest BCUT2D eigenvalue weighted by Crippen LogP contribution is 2.45. The van der Waals surface area contributed by atoms with E-state index in [1.807, 2.05) is 4.90 Å². The highest BCUT2D eigenvalue weighted by Gasteiger charge is 2.52. The van der Waals surface area contributed by atoms with E-state index in [-0.39, 0.29) is 28.5 Å². The molecule has 0 saturated carbocycles. The molecular weight excluding hydrogens is 413 g/mol. The van der Waals surface area contributed by atoms with Crippen molar-refractivity contribution in [2.45, 2.75) is 50.9 Å². The predicted octanol–water partition coefficient (Wildman–Crippen LogP) is 3.61. The lowest BCUT2D eigenvalue weighted by molar-refractivity contribution is -0.274. The van der Waals surface area contributed by atoms with Crippen molar-refractivity contribution in [3.8, 4) is 5.75 Å². The first kappa shape index (κ1) is 21.9. The van der Waals surface area contributed by atoms with Gasteiger partial charge in [-0.25, -0.2) is 0 Å². The molecule has 3 aliphatic rings. The molecule has 1 atom stereocenters. The first-order valence-corrected chi connectivity index (χ1v) is 10.8. The maximum atomic E-state index is 13.6. The molecule has 1 spiro atoms. The van der Waals surface area contributed by atoms with Crippen molar-refractivity contribution in [3.63, 3.8) is 0 Å². The zero-order valence-corrected chi connectivity index (χ0v) is 17.3. The van der Waals surface area contributed by atoms with Crippen LogP contribution >= 0.6 is 0 Å². The fraction of sp³-hybridized carbons (Fsp3) is 0.636. The summed E-state index contributed by atoms with van der Waals surface area (Å²) >= 11 is 0. The summed E-state index contributed by atoms with van der Waals surface area (Å²) in [7, 11) is 0. The molecule has 3 saturated heterocycles. The Bertz CT molecular complexity index is 794. The molecule has 9 heteroatoms. The standard InChI is InChI=1S/C22H27F3N2O4/c23-22(24,25)31-17-6-4-16(5-7-17)19(28)27-13-3-8-21(9-14-30-15-10-21)18(27)20(29)26-11-1-2-12-26/h4-7,18H,1-3,8-15H2. The summed E-state index contributed by atoms with van der Waals surface area (Å²) in [5, 5.41) is 0. The molecule has 0 bridgehead atoms. The van der Waals surface area contributed by atoms with Crippen molar-refractivity contribution in [2.75, 3.05) is 32.8 Å². The van der Waals surface area contributed by atoms with Crippen LogP contribution in [-0.2, 0) is 9.53 Å². The second kappa shape index (κ2) is 8.68. The first-order valence-electron chi connectivity index (χ1n) is 10.8. The summed E-state index contributed by atoms with van der Waals surface area (Å²) in [4.78, 5) is 30.5. The molecule has 3 fully saturated rings. The van der Waals surface area contributed by atoms with Gasteiger partial charge in [-0.1, -0.05) is 0 Å². The normalized spacial score (nSPS) is 23.8. The number of benzene rings is 1. The number of likely N-dealkylation sites (tertiary alicyclic amines) is 2. The van der Waals surface area contributed by atoms with Crippen molar-refractivity contribution in [3.05, 3.63) is 29.8 Å². The highest BCUT2D eigenvalue weighted by atomic mass is 19.4. The summed E-state index contributed by atoms with van der Waals surface area (Å²) in [6.45, 7) is 2.98. The van der Waals surface area contributed by atoms with Crippen molar-refractivity contribution < 1.29 is 32.2 Å². The number of alkyl halides is 3. The minimum Gasteiger partial charge on any atom is -0.406 e. The molecule has 3 heterocycles. The molecule has 0 aromatic heterocycles. The van der Waals surface area contributed by atoms with E-state index in [4.69, 9.17) is 4.74 Å². The van der Waals surface area contributed by atoms with Gasteiger partial charge in [0.15, 0.2) is 0 Å². The van der Waals surface area contributed by atoms with Gasteiger partial charge in [0, 0.05) is 43.8 Å². The highest BCUT2D eigenvalue weighted by molar-refractivity contribution is 5.98. The van der Waals surface area contributed by atoms with Crippen LogP contribution in [0.25, 0.3) is 0 Å². The molecule has 1 aromatic carbocycles. The van der Waals surface area contributed by atoms with E-state index in [0.717, 1.165) is 50.7 Å². The van der Waals surface area contributed by atoms with Gasteiger partial charge in [0.05, 0.1) is 0 Å². The number of rotatable bonds is 3. The topological polar surface area (TPSA) is 59.1 Å². The minimum absolute atomic E-state index is 0.00975. The van der Waals surface area contributed by atoms with Crippen LogP contribution < -0.4 is 4.74 Å². The largest absolute Gasteiger partial charge is 0.573 e. The Kier molecular flexibility index (Phi) is 6.14. The average Bonchev–Trinajstić information content (AvgIpc) is 3.28. The fourth-order valence-electron chi connectivity index (χ4n) is 5.19. The summed E-state index contributed by atoms with van der Waals surface area (Å²) < 4.78 is 46.7. The van der Waals surface area contributed by atoms with Gasteiger partial charge in [-0.2, -0.15) is 0 Å². The average molecular weight is 440 g/mol. The van der Waals surface area contributed by atoms with Gasteiger partial charge in [0.2, 0.25) is 5.91 Å². The molecule has 0 aliphatic carbocycles. The van der Waals surface area contributed by atoms with Crippen LogP contribution in [0.15, 0.2) is 24.3 Å². The van der Waals surface area contributed by atoms with E-state index in [0.29, 0.717) is 32.8 Å². The maximum Gasteiger partial charge on any atom is 0.573 e. The Balaban J connectivity index is 1.61. The smallest absolute Gasteiger partial charge is 0.406 e. The van der Waals surface area contributed by atoms with Crippen LogP contribution in [-0.4, -0.2) is 66.9 Å². The minimum atomic E-state index is -4.79. The second-order valence-electron chi connectivity index (χ2n) is 8.58. The van der Waals surface area contributed by atoms with Gasteiger partial charge < -0.3 is 19.3 Å². The van der Waals surface area contributed by atoms with Crippen LogP contribution in [0.4, 0.5) is 13.2 Å². The molecule has 0 radical (unpaired) electrons. The Morgan fingerprint density at radius 2 is 1.61 bits per heavy atom. The second-order valence-corrected chi connectivity index (χ2v) is 8.58. The number of nitrogens with zero attached hydrogens (tertiary/aromatic N) is 2. The van der Waals surface area contributed by atoms with Crippen LogP contribution in [0.5, 0.6) is 5.75 Å². The number of hydrogen-bond donors (Lipinski definition) is 0. The molecule has 31 heavy (non-hydrogen) atoms. The van der Waals surface area contributed by atoms with E-state index in [1.54, 1.807) is 4.90 Å². The van der Waals surface area contributed by atoms with Crippen molar-refractivity contribution in [1.29, 1.82) is 0 Å². The lowest BCUT2D eigenvalue weighted by Crippen LogP contribution is -2.62. The van der Waals surface area contributed by atoms with Crippen LogP contribution in [0, 0.1) is 5.41 Å². The summed E-state index contributed by atoms with van der Waals surface area (Å²) in [6.07, 6.45) is 0.222. The number of piperidine rings is 1. The molecule has 6 nitrogen and oxygen atoms in total. The summed E-state index contributed by atoms with van der Waals surface area (Å²) in [6, 6.07) is 4.35. The molecular formula is C22H27F3N2O4. The van der Waals surface area contributed by atoms with E-state index in [2.05, 4.69) is 4.74 Å². The molecule has 1 aromatic rings. The number of carbonyl (C=O) groups excluding carboxylic acids is 2. The van der Waals surface area contributed by atoms with E-state index in [1.165, 1.54) is 12.1 Å². The molecule has 0 N–H and O–H groups in total. The number of hydrogen-bond acceptors (Lipinski definition) is 4. The molecule has 2 amide bonds. The summed E-state index contributed by atoms with van der Waals surface area (Å²) in [5.41, 5.74) is -0.0663. The van der Waals surface area contributed by atoms with Gasteiger partial charge in [0.25, 0.3) is 5.91 Å². The van der Waals surface area contributed by atoms with E-state index < -0.39 is 12.4 Å². The van der Waals surface area contributed by atoms with Gasteiger partial charge in [0.1, 0.15) is 11.8 Å². The number of ether oxygens (including phenoxy) is 2. The Morgan fingerprint density at radius 1 is 0.968 bits per heavy atom. The third kappa shape index (κ3) is 4.66. The first-order chi connectivity index (χ1) is 14.8. The SMILES string of the molecule is O=C(C1N(C(=O)c2ccc(OC(F)(F)F)cc2)CCCC12CCOCC2)N1CCCC1. The third-order valence-corrected chi connectivity index (χ3v) is 6.70. The van der Waals surface area contributed by atoms with E-state index in [9.17, 15) is 22.8 Å². The maximum absolute atomic E-state index is 13.6. The van der Waals surface area contributed by atoms with Crippen molar-refractivity contribution in [1.82, 2.24) is 9.80 Å². The van der Waals surface area contributed by atoms with Gasteiger partial charge >= 0.3 is 6.36 Å². The van der Waals surface area contributed by atoms with Gasteiger partial charge in [-0.05, 0) is 62.8 Å². The Morgan fingerprint density at radius 3 is 2.23 bits per heavy atom. The predicted molar refractivity (Wildman–Crippen MR) is 105 cm³/mol. The van der Waals surface area contributed by atoms with Crippen molar-refractivity contribution in [2.24, 2.45) is 5.41 Å².